The van der Waals surface area contributed by atoms with Crippen LogP contribution in [-0.4, -0.2) is 17.6 Å². The van der Waals surface area contributed by atoms with Crippen LogP contribution in [0.3, 0.4) is 0 Å². The molecule has 2 N–H and O–H groups in total. The number of ether oxygens (including phenoxy) is 1. The molecule has 0 amide bonds. The van der Waals surface area contributed by atoms with Gasteiger partial charge in [-0.05, 0) is 37.1 Å². The van der Waals surface area contributed by atoms with Gasteiger partial charge in [0, 0.05) is 6.42 Å². The summed E-state index contributed by atoms with van der Waals surface area (Å²) < 4.78 is 18.5. The van der Waals surface area contributed by atoms with Gasteiger partial charge in [-0.3, -0.25) is 5.32 Å². The van der Waals surface area contributed by atoms with E-state index in [0.717, 1.165) is 18.4 Å². The van der Waals surface area contributed by atoms with Crippen LogP contribution in [0, 0.1) is 5.82 Å². The molecule has 0 aromatic heterocycles. The van der Waals surface area contributed by atoms with E-state index in [9.17, 15) is 4.39 Å². The molecule has 1 heterocycles. The minimum atomic E-state index is -0.600. The van der Waals surface area contributed by atoms with Gasteiger partial charge in [-0.15, -0.1) is 0 Å². The van der Waals surface area contributed by atoms with Gasteiger partial charge in [-0.25, -0.2) is 4.39 Å². The molecule has 1 aromatic carbocycles. The summed E-state index contributed by atoms with van der Waals surface area (Å²) in [5, 5.41) is 12.0. The zero-order valence-electron chi connectivity index (χ0n) is 8.53. The maximum atomic E-state index is 12.9. The topological polar surface area (TPSA) is 41.5 Å². The molecule has 4 heteroatoms. The SMILES string of the molecule is CC(O)NC1CCc2cc(F)ccc2O1. The quantitative estimate of drug-likeness (QED) is 0.727. The minimum Gasteiger partial charge on any atom is -0.475 e. The number of aliphatic hydroxyl groups excluding tert-OH is 1. The Morgan fingerprint density at radius 2 is 2.40 bits per heavy atom. The predicted octanol–water partition coefficient (Wildman–Crippen LogP) is 1.40. The monoisotopic (exact) mass is 211 g/mol. The van der Waals surface area contributed by atoms with Crippen LogP contribution in [0.25, 0.3) is 0 Å². The Balaban J connectivity index is 2.10. The van der Waals surface area contributed by atoms with Crippen LogP contribution in [0.5, 0.6) is 5.75 Å². The molecule has 82 valence electrons. The Morgan fingerprint density at radius 3 is 3.13 bits per heavy atom. The normalized spacial score (nSPS) is 21.7. The fourth-order valence-electron chi connectivity index (χ4n) is 1.74. The zero-order valence-corrected chi connectivity index (χ0v) is 8.53. The molecule has 2 unspecified atom stereocenters. The molecular weight excluding hydrogens is 197 g/mol. The molecule has 0 aliphatic carbocycles. The number of halogens is 1. The summed E-state index contributed by atoms with van der Waals surface area (Å²) in [5.74, 6) is 0.458. The minimum absolute atomic E-state index is 0.192. The highest BCUT2D eigenvalue weighted by atomic mass is 19.1. The van der Waals surface area contributed by atoms with Crippen molar-refractivity contribution in [2.45, 2.75) is 32.2 Å². The van der Waals surface area contributed by atoms with Gasteiger partial charge in [0.2, 0.25) is 0 Å². The van der Waals surface area contributed by atoms with Crippen molar-refractivity contribution in [3.05, 3.63) is 29.6 Å². The summed E-state index contributed by atoms with van der Waals surface area (Å²) in [4.78, 5) is 0. The Kier molecular flexibility index (Phi) is 2.88. The van der Waals surface area contributed by atoms with Crippen molar-refractivity contribution in [3.63, 3.8) is 0 Å². The first-order valence-corrected chi connectivity index (χ1v) is 5.04. The lowest BCUT2D eigenvalue weighted by Gasteiger charge is -2.27. The van der Waals surface area contributed by atoms with Crippen molar-refractivity contribution in [1.82, 2.24) is 5.32 Å². The Labute approximate surface area is 87.9 Å². The van der Waals surface area contributed by atoms with E-state index in [1.54, 1.807) is 13.0 Å². The highest BCUT2D eigenvalue weighted by molar-refractivity contribution is 5.35. The highest BCUT2D eigenvalue weighted by Crippen LogP contribution is 2.27. The van der Waals surface area contributed by atoms with Crippen molar-refractivity contribution >= 4 is 0 Å². The molecule has 0 saturated carbocycles. The molecule has 2 atom stereocenters. The smallest absolute Gasteiger partial charge is 0.152 e. The lowest BCUT2D eigenvalue weighted by atomic mass is 10.0. The summed E-state index contributed by atoms with van der Waals surface area (Å²) in [6.45, 7) is 1.64. The van der Waals surface area contributed by atoms with Crippen molar-refractivity contribution < 1.29 is 14.2 Å². The second kappa shape index (κ2) is 4.16. The number of hydrogen-bond donors (Lipinski definition) is 2. The van der Waals surface area contributed by atoms with E-state index in [4.69, 9.17) is 9.84 Å². The number of benzene rings is 1. The van der Waals surface area contributed by atoms with Crippen molar-refractivity contribution in [3.8, 4) is 5.75 Å². The molecule has 1 aliphatic rings. The molecule has 0 saturated heterocycles. The van der Waals surface area contributed by atoms with Gasteiger partial charge < -0.3 is 9.84 Å². The second-order valence-electron chi connectivity index (χ2n) is 3.74. The highest BCUT2D eigenvalue weighted by Gasteiger charge is 2.20. The molecule has 0 spiro atoms. The van der Waals surface area contributed by atoms with Crippen LogP contribution in [0.15, 0.2) is 18.2 Å². The van der Waals surface area contributed by atoms with Crippen molar-refractivity contribution in [1.29, 1.82) is 0 Å². The summed E-state index contributed by atoms with van der Waals surface area (Å²) in [6.07, 6.45) is 0.707. The van der Waals surface area contributed by atoms with Gasteiger partial charge in [-0.1, -0.05) is 0 Å². The lowest BCUT2D eigenvalue weighted by Crippen LogP contribution is -2.42. The fourth-order valence-corrected chi connectivity index (χ4v) is 1.74. The molecule has 3 nitrogen and oxygen atoms in total. The van der Waals surface area contributed by atoms with Crippen LogP contribution in [0.1, 0.15) is 18.9 Å². The summed E-state index contributed by atoms with van der Waals surface area (Å²) in [7, 11) is 0. The van der Waals surface area contributed by atoms with Gasteiger partial charge in [0.15, 0.2) is 6.23 Å². The van der Waals surface area contributed by atoms with Gasteiger partial charge in [0.05, 0.1) is 0 Å². The zero-order chi connectivity index (χ0) is 10.8. The first-order valence-electron chi connectivity index (χ1n) is 5.04. The van der Waals surface area contributed by atoms with Crippen LogP contribution >= 0.6 is 0 Å². The molecule has 2 rings (SSSR count). The molecule has 0 fully saturated rings. The summed E-state index contributed by atoms with van der Waals surface area (Å²) >= 11 is 0. The van der Waals surface area contributed by atoms with Crippen LogP contribution in [-0.2, 0) is 6.42 Å². The molecule has 1 aromatic rings. The summed E-state index contributed by atoms with van der Waals surface area (Å²) in [6, 6.07) is 4.50. The van der Waals surface area contributed by atoms with E-state index in [-0.39, 0.29) is 12.0 Å². The standard InChI is InChI=1S/C11H14FNO2/c1-7(14)13-11-5-2-8-6-9(12)3-4-10(8)15-11/h3-4,6-7,11,13-14H,2,5H2,1H3. The van der Waals surface area contributed by atoms with Gasteiger partial charge in [-0.2, -0.15) is 0 Å². The molecule has 1 aliphatic heterocycles. The fraction of sp³-hybridized carbons (Fsp3) is 0.455. The first kappa shape index (κ1) is 10.4. The van der Waals surface area contributed by atoms with Gasteiger partial charge in [0.1, 0.15) is 17.8 Å². The van der Waals surface area contributed by atoms with Crippen LogP contribution in [0.4, 0.5) is 4.39 Å². The Hall–Kier alpha value is -1.13. The molecule has 0 radical (unpaired) electrons. The van der Waals surface area contributed by atoms with Crippen LogP contribution in [0.2, 0.25) is 0 Å². The van der Waals surface area contributed by atoms with E-state index in [0.29, 0.717) is 5.75 Å². The van der Waals surface area contributed by atoms with Crippen LogP contribution < -0.4 is 10.1 Å². The number of fused-ring (bicyclic) bond motifs is 1. The van der Waals surface area contributed by atoms with Crippen molar-refractivity contribution in [2.24, 2.45) is 0 Å². The maximum Gasteiger partial charge on any atom is 0.152 e. The number of aliphatic hydroxyl groups is 1. The predicted molar refractivity (Wildman–Crippen MR) is 54.0 cm³/mol. The maximum absolute atomic E-state index is 12.9. The largest absolute Gasteiger partial charge is 0.475 e. The third-order valence-electron chi connectivity index (χ3n) is 2.39. The van der Waals surface area contributed by atoms with Gasteiger partial charge >= 0.3 is 0 Å². The lowest BCUT2D eigenvalue weighted by molar-refractivity contribution is 0.0552. The molecule has 15 heavy (non-hydrogen) atoms. The average Bonchev–Trinajstić information content (AvgIpc) is 2.17. The van der Waals surface area contributed by atoms with E-state index < -0.39 is 6.23 Å². The first-order chi connectivity index (χ1) is 7.15. The number of aryl methyl sites for hydroxylation is 1. The van der Waals surface area contributed by atoms with Crippen molar-refractivity contribution in [2.75, 3.05) is 0 Å². The van der Waals surface area contributed by atoms with E-state index in [1.807, 2.05) is 0 Å². The Bertz CT molecular complexity index is 354. The number of hydrogen-bond acceptors (Lipinski definition) is 3. The van der Waals surface area contributed by atoms with E-state index in [1.165, 1.54) is 12.1 Å². The number of rotatable bonds is 2. The third kappa shape index (κ3) is 2.46. The second-order valence-corrected chi connectivity index (χ2v) is 3.74. The van der Waals surface area contributed by atoms with E-state index in [2.05, 4.69) is 5.32 Å². The van der Waals surface area contributed by atoms with Gasteiger partial charge in [0.25, 0.3) is 0 Å². The third-order valence-corrected chi connectivity index (χ3v) is 2.39. The summed E-state index contributed by atoms with van der Waals surface area (Å²) in [5.41, 5.74) is 0.888. The number of nitrogens with one attached hydrogen (secondary N) is 1. The average molecular weight is 211 g/mol. The Morgan fingerprint density at radius 1 is 1.60 bits per heavy atom. The van der Waals surface area contributed by atoms with E-state index >= 15 is 0 Å². The molecule has 0 bridgehead atoms. The molecular formula is C11H14FNO2.